The molecule has 3 rings (SSSR count). The van der Waals surface area contributed by atoms with Crippen LogP contribution >= 0.6 is 0 Å². The van der Waals surface area contributed by atoms with Crippen molar-refractivity contribution in [3.63, 3.8) is 0 Å². The van der Waals surface area contributed by atoms with E-state index in [0.717, 1.165) is 31.0 Å². The summed E-state index contributed by atoms with van der Waals surface area (Å²) in [6.07, 6.45) is 5.38. The molecule has 1 saturated heterocycles. The van der Waals surface area contributed by atoms with E-state index < -0.39 is 0 Å². The second-order valence-electron chi connectivity index (χ2n) is 4.99. The highest BCUT2D eigenvalue weighted by Gasteiger charge is 2.34. The van der Waals surface area contributed by atoms with Gasteiger partial charge >= 0.3 is 0 Å². The zero-order valence-electron chi connectivity index (χ0n) is 10.8. The highest BCUT2D eigenvalue weighted by atomic mass is 15.2. The van der Waals surface area contributed by atoms with Crippen molar-refractivity contribution < 1.29 is 0 Å². The lowest BCUT2D eigenvalue weighted by Gasteiger charge is -2.24. The van der Waals surface area contributed by atoms with Gasteiger partial charge in [-0.2, -0.15) is 0 Å². The fourth-order valence-electron chi connectivity index (χ4n) is 3.05. The molecule has 96 valence electrons. The quantitative estimate of drug-likeness (QED) is 0.893. The maximum atomic E-state index is 5.91. The van der Waals surface area contributed by atoms with Crippen molar-refractivity contribution in [2.45, 2.75) is 19.4 Å². The van der Waals surface area contributed by atoms with Gasteiger partial charge in [-0.25, -0.2) is 4.98 Å². The molecule has 1 aliphatic rings. The van der Waals surface area contributed by atoms with E-state index >= 15 is 0 Å². The Labute approximate surface area is 107 Å². The van der Waals surface area contributed by atoms with Crippen LogP contribution in [0.1, 0.15) is 25.1 Å². The highest BCUT2D eigenvalue weighted by Crippen LogP contribution is 2.35. The van der Waals surface area contributed by atoms with E-state index in [-0.39, 0.29) is 0 Å². The van der Waals surface area contributed by atoms with E-state index in [2.05, 4.69) is 28.6 Å². The molecule has 2 unspecified atom stereocenters. The minimum atomic E-state index is 0.389. The second kappa shape index (κ2) is 4.71. The predicted octanol–water partition coefficient (Wildman–Crippen LogP) is 1.68. The number of aromatic nitrogens is 2. The Morgan fingerprint density at radius 3 is 3.06 bits per heavy atom. The number of hydrogen-bond acceptors (Lipinski definition) is 3. The largest absolute Gasteiger partial charge is 0.330 e. The molecule has 2 aromatic heterocycles. The molecule has 18 heavy (non-hydrogen) atoms. The van der Waals surface area contributed by atoms with E-state index in [1.165, 1.54) is 6.42 Å². The van der Waals surface area contributed by atoms with Gasteiger partial charge in [0.2, 0.25) is 0 Å². The normalized spacial score (nSPS) is 25.0. The van der Waals surface area contributed by atoms with Crippen LogP contribution in [0.4, 0.5) is 0 Å². The van der Waals surface area contributed by atoms with Crippen LogP contribution in [0.15, 0.2) is 30.6 Å². The Kier molecular flexibility index (Phi) is 3.06. The van der Waals surface area contributed by atoms with Gasteiger partial charge in [0.05, 0.1) is 11.7 Å². The van der Waals surface area contributed by atoms with Gasteiger partial charge < -0.3 is 10.1 Å². The average molecular weight is 244 g/mol. The zero-order chi connectivity index (χ0) is 12.5. The van der Waals surface area contributed by atoms with Crippen molar-refractivity contribution >= 4 is 5.65 Å². The Morgan fingerprint density at radius 1 is 1.44 bits per heavy atom. The van der Waals surface area contributed by atoms with Crippen LogP contribution in [-0.2, 0) is 0 Å². The van der Waals surface area contributed by atoms with Crippen LogP contribution in [-0.4, -0.2) is 33.9 Å². The summed E-state index contributed by atoms with van der Waals surface area (Å²) in [5.74, 6) is 0.537. The zero-order valence-corrected chi connectivity index (χ0v) is 10.8. The summed E-state index contributed by atoms with van der Waals surface area (Å²) in [6.45, 7) is 5.16. The second-order valence-corrected chi connectivity index (χ2v) is 4.99. The Morgan fingerprint density at radius 2 is 2.33 bits per heavy atom. The van der Waals surface area contributed by atoms with Gasteiger partial charge in [0.15, 0.2) is 0 Å². The van der Waals surface area contributed by atoms with E-state index in [4.69, 9.17) is 10.7 Å². The fourth-order valence-corrected chi connectivity index (χ4v) is 3.05. The number of nitrogens with two attached hydrogens (primary N) is 1. The summed E-state index contributed by atoms with van der Waals surface area (Å²) in [7, 11) is 0. The van der Waals surface area contributed by atoms with Gasteiger partial charge in [0, 0.05) is 12.4 Å². The van der Waals surface area contributed by atoms with E-state index in [1.807, 2.05) is 18.2 Å². The van der Waals surface area contributed by atoms with Gasteiger partial charge in [0.1, 0.15) is 5.65 Å². The molecule has 2 atom stereocenters. The van der Waals surface area contributed by atoms with Crippen molar-refractivity contribution in [1.29, 1.82) is 0 Å². The van der Waals surface area contributed by atoms with E-state index in [0.29, 0.717) is 12.0 Å². The summed E-state index contributed by atoms with van der Waals surface area (Å²) in [5.41, 5.74) is 8.09. The van der Waals surface area contributed by atoms with Crippen molar-refractivity contribution in [3.8, 4) is 0 Å². The molecule has 2 aromatic rings. The van der Waals surface area contributed by atoms with Crippen LogP contribution in [0, 0.1) is 5.92 Å². The topological polar surface area (TPSA) is 46.6 Å². The number of rotatable bonds is 3. The van der Waals surface area contributed by atoms with Crippen LogP contribution in [0.25, 0.3) is 5.65 Å². The first kappa shape index (κ1) is 11.7. The van der Waals surface area contributed by atoms with Gasteiger partial charge in [-0.3, -0.25) is 4.90 Å². The first-order valence-electron chi connectivity index (χ1n) is 6.71. The van der Waals surface area contributed by atoms with Gasteiger partial charge in [-0.1, -0.05) is 13.0 Å². The van der Waals surface area contributed by atoms with E-state index in [1.54, 1.807) is 0 Å². The number of pyridine rings is 1. The smallest absolute Gasteiger partial charge is 0.137 e. The van der Waals surface area contributed by atoms with Crippen LogP contribution in [0.5, 0.6) is 0 Å². The van der Waals surface area contributed by atoms with Gasteiger partial charge in [-0.05, 0) is 44.1 Å². The van der Waals surface area contributed by atoms with Crippen molar-refractivity contribution in [1.82, 2.24) is 14.3 Å². The SMILES string of the molecule is CCN1CCC(CN)C1c1cn2ccccc2n1. The third-order valence-electron chi connectivity index (χ3n) is 4.02. The third-order valence-corrected chi connectivity index (χ3v) is 4.02. The van der Waals surface area contributed by atoms with Crippen LogP contribution < -0.4 is 5.73 Å². The molecule has 1 aliphatic heterocycles. The maximum absolute atomic E-state index is 5.91. The first-order valence-corrected chi connectivity index (χ1v) is 6.71. The summed E-state index contributed by atoms with van der Waals surface area (Å²) < 4.78 is 2.09. The lowest BCUT2D eigenvalue weighted by atomic mass is 9.98. The minimum Gasteiger partial charge on any atom is -0.330 e. The Hall–Kier alpha value is -1.39. The number of fused-ring (bicyclic) bond motifs is 1. The van der Waals surface area contributed by atoms with E-state index in [9.17, 15) is 0 Å². The predicted molar refractivity (Wildman–Crippen MR) is 72.3 cm³/mol. The number of hydrogen-bond donors (Lipinski definition) is 1. The fraction of sp³-hybridized carbons (Fsp3) is 0.500. The molecule has 0 spiro atoms. The average Bonchev–Trinajstić information content (AvgIpc) is 3.00. The molecule has 0 radical (unpaired) electrons. The summed E-state index contributed by atoms with van der Waals surface area (Å²) in [6, 6.07) is 6.50. The summed E-state index contributed by atoms with van der Waals surface area (Å²) in [5, 5.41) is 0. The number of likely N-dealkylation sites (tertiary alicyclic amines) is 1. The molecule has 0 aromatic carbocycles. The molecule has 3 heterocycles. The molecule has 0 saturated carbocycles. The molecule has 4 heteroatoms. The van der Waals surface area contributed by atoms with Crippen LogP contribution in [0.2, 0.25) is 0 Å². The lowest BCUT2D eigenvalue weighted by molar-refractivity contribution is 0.238. The third kappa shape index (κ3) is 1.82. The highest BCUT2D eigenvalue weighted by molar-refractivity contribution is 5.40. The lowest BCUT2D eigenvalue weighted by Crippen LogP contribution is -2.28. The van der Waals surface area contributed by atoms with Crippen LogP contribution in [0.3, 0.4) is 0 Å². The molecular formula is C14H20N4. The summed E-state index contributed by atoms with van der Waals surface area (Å²) in [4.78, 5) is 7.24. The maximum Gasteiger partial charge on any atom is 0.137 e. The standard InChI is InChI=1S/C14H20N4/c1-2-17-8-6-11(9-15)14(17)12-10-18-7-4-3-5-13(18)16-12/h3-5,7,10-11,14H,2,6,8-9,15H2,1H3. The molecule has 0 bridgehead atoms. The van der Waals surface area contributed by atoms with Crippen molar-refractivity contribution in [3.05, 3.63) is 36.3 Å². The number of nitrogens with zero attached hydrogens (tertiary/aromatic N) is 3. The Balaban J connectivity index is 2.00. The molecule has 0 amide bonds. The molecule has 4 nitrogen and oxygen atoms in total. The minimum absolute atomic E-state index is 0.389. The van der Waals surface area contributed by atoms with Crippen molar-refractivity contribution in [2.24, 2.45) is 11.7 Å². The molecular weight excluding hydrogens is 224 g/mol. The molecule has 2 N–H and O–H groups in total. The Bertz CT molecular complexity index is 488. The van der Waals surface area contributed by atoms with Crippen molar-refractivity contribution in [2.75, 3.05) is 19.6 Å². The monoisotopic (exact) mass is 244 g/mol. The molecule has 1 fully saturated rings. The number of imidazole rings is 1. The van der Waals surface area contributed by atoms with Gasteiger partial charge in [0.25, 0.3) is 0 Å². The van der Waals surface area contributed by atoms with Gasteiger partial charge in [-0.15, -0.1) is 0 Å². The first-order chi connectivity index (χ1) is 8.83. The molecule has 0 aliphatic carbocycles. The summed E-state index contributed by atoms with van der Waals surface area (Å²) >= 11 is 0.